The third-order valence-corrected chi connectivity index (χ3v) is 4.37. The lowest BCUT2D eigenvalue weighted by Crippen LogP contribution is -2.34. The van der Waals surface area contributed by atoms with Crippen molar-refractivity contribution in [1.82, 2.24) is 10.6 Å². The lowest BCUT2D eigenvalue weighted by molar-refractivity contribution is -0.119. The second-order valence-electron chi connectivity index (χ2n) is 7.01. The Morgan fingerprint density at radius 2 is 1.69 bits per heavy atom. The number of thiocarbonyl (C=S) groups is 1. The fourth-order valence-corrected chi connectivity index (χ4v) is 2.64. The molecule has 7 heteroatoms. The standard InChI is InChI=1S/C22H27N3O3S/c1-15(2)12-13-28-19-10-6-17(7-11-19)21(27)25-22(29)24-18-8-4-16(5-9-18)14-20(26)23-3/h4-11,15H,12-14H2,1-3H3,(H,23,26)(H2,24,25,27,29). The van der Waals surface area contributed by atoms with E-state index in [0.717, 1.165) is 23.4 Å². The van der Waals surface area contributed by atoms with Crippen LogP contribution in [-0.2, 0) is 11.2 Å². The van der Waals surface area contributed by atoms with E-state index in [1.54, 1.807) is 43.4 Å². The maximum Gasteiger partial charge on any atom is 0.257 e. The largest absolute Gasteiger partial charge is 0.494 e. The minimum absolute atomic E-state index is 0.0511. The van der Waals surface area contributed by atoms with Gasteiger partial charge in [0, 0.05) is 18.3 Å². The van der Waals surface area contributed by atoms with Gasteiger partial charge in [0.05, 0.1) is 13.0 Å². The second-order valence-corrected chi connectivity index (χ2v) is 7.42. The minimum atomic E-state index is -0.299. The van der Waals surface area contributed by atoms with Gasteiger partial charge >= 0.3 is 0 Å². The van der Waals surface area contributed by atoms with E-state index < -0.39 is 0 Å². The van der Waals surface area contributed by atoms with E-state index in [9.17, 15) is 9.59 Å². The van der Waals surface area contributed by atoms with Crippen LogP contribution in [-0.4, -0.2) is 30.6 Å². The summed E-state index contributed by atoms with van der Waals surface area (Å²) in [5, 5.41) is 8.40. The molecule has 2 aromatic carbocycles. The van der Waals surface area contributed by atoms with Gasteiger partial charge in [0.1, 0.15) is 5.75 Å². The monoisotopic (exact) mass is 413 g/mol. The Morgan fingerprint density at radius 1 is 1.03 bits per heavy atom. The van der Waals surface area contributed by atoms with Crippen molar-refractivity contribution in [2.24, 2.45) is 5.92 Å². The average Bonchev–Trinajstić information content (AvgIpc) is 2.69. The summed E-state index contributed by atoms with van der Waals surface area (Å²) in [5.41, 5.74) is 2.11. The molecular weight excluding hydrogens is 386 g/mol. The molecular formula is C22H27N3O3S. The molecule has 0 unspecified atom stereocenters. The maximum absolute atomic E-state index is 12.3. The molecule has 2 rings (SSSR count). The van der Waals surface area contributed by atoms with E-state index in [2.05, 4.69) is 29.8 Å². The summed E-state index contributed by atoms with van der Waals surface area (Å²) in [7, 11) is 1.60. The molecule has 29 heavy (non-hydrogen) atoms. The van der Waals surface area contributed by atoms with Crippen molar-refractivity contribution >= 4 is 34.8 Å². The number of hydrogen-bond donors (Lipinski definition) is 3. The molecule has 0 aliphatic carbocycles. The molecule has 2 aromatic rings. The van der Waals surface area contributed by atoms with Crippen molar-refractivity contribution in [3.8, 4) is 5.75 Å². The number of amides is 2. The number of likely N-dealkylation sites (N-methyl/N-ethyl adjacent to an activating group) is 1. The SMILES string of the molecule is CNC(=O)Cc1ccc(NC(=S)NC(=O)c2ccc(OCCC(C)C)cc2)cc1. The number of benzene rings is 2. The van der Waals surface area contributed by atoms with Crippen molar-refractivity contribution in [2.45, 2.75) is 26.7 Å². The summed E-state index contributed by atoms with van der Waals surface area (Å²) < 4.78 is 5.66. The molecule has 0 saturated carbocycles. The van der Waals surface area contributed by atoms with E-state index >= 15 is 0 Å². The van der Waals surface area contributed by atoms with Crippen LogP contribution in [0.4, 0.5) is 5.69 Å². The number of ether oxygens (including phenoxy) is 1. The molecule has 0 bridgehead atoms. The van der Waals surface area contributed by atoms with Gasteiger partial charge in [-0.15, -0.1) is 0 Å². The van der Waals surface area contributed by atoms with Crippen LogP contribution < -0.4 is 20.7 Å². The fraction of sp³-hybridized carbons (Fsp3) is 0.318. The first-order chi connectivity index (χ1) is 13.9. The molecule has 2 amide bonds. The van der Waals surface area contributed by atoms with Crippen LogP contribution in [0.15, 0.2) is 48.5 Å². The van der Waals surface area contributed by atoms with E-state index in [1.165, 1.54) is 0 Å². The van der Waals surface area contributed by atoms with Crippen molar-refractivity contribution in [3.63, 3.8) is 0 Å². The zero-order valence-corrected chi connectivity index (χ0v) is 17.8. The predicted octanol–water partition coefficient (Wildman–Crippen LogP) is 3.53. The molecule has 154 valence electrons. The summed E-state index contributed by atoms with van der Waals surface area (Å²) >= 11 is 5.21. The highest BCUT2D eigenvalue weighted by Crippen LogP contribution is 2.14. The van der Waals surface area contributed by atoms with Crippen molar-refractivity contribution in [2.75, 3.05) is 19.0 Å². The molecule has 0 aromatic heterocycles. The maximum atomic E-state index is 12.3. The van der Waals surface area contributed by atoms with Gasteiger partial charge in [-0.2, -0.15) is 0 Å². The van der Waals surface area contributed by atoms with E-state index in [4.69, 9.17) is 17.0 Å². The number of carbonyl (C=O) groups is 2. The number of hydrogen-bond acceptors (Lipinski definition) is 4. The van der Waals surface area contributed by atoms with Gasteiger partial charge in [-0.1, -0.05) is 26.0 Å². The lowest BCUT2D eigenvalue weighted by atomic mass is 10.1. The first-order valence-electron chi connectivity index (χ1n) is 9.52. The van der Waals surface area contributed by atoms with Crippen LogP contribution >= 0.6 is 12.2 Å². The number of rotatable bonds is 8. The van der Waals surface area contributed by atoms with E-state index in [1.807, 2.05) is 12.1 Å². The van der Waals surface area contributed by atoms with Crippen LogP contribution in [0.5, 0.6) is 5.75 Å². The molecule has 0 radical (unpaired) electrons. The zero-order chi connectivity index (χ0) is 21.2. The summed E-state index contributed by atoms with van der Waals surface area (Å²) in [6.45, 7) is 4.94. The highest BCUT2D eigenvalue weighted by Gasteiger charge is 2.09. The number of carbonyl (C=O) groups excluding carboxylic acids is 2. The second kappa shape index (κ2) is 11.2. The van der Waals surface area contributed by atoms with Crippen LogP contribution in [0.3, 0.4) is 0 Å². The summed E-state index contributed by atoms with van der Waals surface area (Å²) in [6, 6.07) is 14.2. The topological polar surface area (TPSA) is 79.5 Å². The Hall–Kier alpha value is -2.93. The molecule has 0 fully saturated rings. The lowest BCUT2D eigenvalue weighted by Gasteiger charge is -2.11. The van der Waals surface area contributed by atoms with Crippen molar-refractivity contribution in [1.29, 1.82) is 0 Å². The van der Waals surface area contributed by atoms with Gasteiger partial charge in [-0.3, -0.25) is 14.9 Å². The molecule has 0 spiro atoms. The summed E-state index contributed by atoms with van der Waals surface area (Å²) in [6.07, 6.45) is 1.30. The van der Waals surface area contributed by atoms with Gasteiger partial charge in [0.25, 0.3) is 5.91 Å². The van der Waals surface area contributed by atoms with Crippen LogP contribution in [0.25, 0.3) is 0 Å². The van der Waals surface area contributed by atoms with Gasteiger partial charge in [-0.25, -0.2) is 0 Å². The highest BCUT2D eigenvalue weighted by atomic mass is 32.1. The molecule has 6 nitrogen and oxygen atoms in total. The molecule has 3 N–H and O–H groups in total. The van der Waals surface area contributed by atoms with Crippen LogP contribution in [0, 0.1) is 5.92 Å². The van der Waals surface area contributed by atoms with Crippen LogP contribution in [0.1, 0.15) is 36.2 Å². The van der Waals surface area contributed by atoms with Gasteiger partial charge < -0.3 is 15.4 Å². The first-order valence-corrected chi connectivity index (χ1v) is 9.93. The predicted molar refractivity (Wildman–Crippen MR) is 119 cm³/mol. The highest BCUT2D eigenvalue weighted by molar-refractivity contribution is 7.80. The Kier molecular flexibility index (Phi) is 8.61. The Bertz CT molecular complexity index is 833. The molecule has 0 aliphatic heterocycles. The summed E-state index contributed by atoms with van der Waals surface area (Å²) in [4.78, 5) is 23.7. The Morgan fingerprint density at radius 3 is 2.28 bits per heavy atom. The van der Waals surface area contributed by atoms with E-state index in [0.29, 0.717) is 24.5 Å². The Balaban J connectivity index is 1.83. The molecule has 0 aliphatic rings. The third kappa shape index (κ3) is 7.91. The molecule has 0 saturated heterocycles. The van der Waals surface area contributed by atoms with Crippen LogP contribution in [0.2, 0.25) is 0 Å². The first kappa shape index (κ1) is 22.4. The average molecular weight is 414 g/mol. The molecule has 0 heterocycles. The fourth-order valence-electron chi connectivity index (χ4n) is 2.43. The third-order valence-electron chi connectivity index (χ3n) is 4.16. The zero-order valence-electron chi connectivity index (χ0n) is 17.0. The normalized spacial score (nSPS) is 10.3. The van der Waals surface area contributed by atoms with Gasteiger partial charge in [0.15, 0.2) is 5.11 Å². The number of nitrogens with one attached hydrogen (secondary N) is 3. The van der Waals surface area contributed by atoms with E-state index in [-0.39, 0.29) is 16.9 Å². The van der Waals surface area contributed by atoms with Crippen molar-refractivity contribution in [3.05, 3.63) is 59.7 Å². The quantitative estimate of drug-likeness (QED) is 0.577. The smallest absolute Gasteiger partial charge is 0.257 e. The molecule has 0 atom stereocenters. The summed E-state index contributed by atoms with van der Waals surface area (Å²) in [5.74, 6) is 0.970. The number of anilines is 1. The van der Waals surface area contributed by atoms with Gasteiger partial charge in [-0.05, 0) is 66.5 Å². The Labute approximate surface area is 177 Å². The minimum Gasteiger partial charge on any atom is -0.494 e. The van der Waals surface area contributed by atoms with Crippen molar-refractivity contribution < 1.29 is 14.3 Å². The van der Waals surface area contributed by atoms with Gasteiger partial charge in [0.2, 0.25) is 5.91 Å².